The molecule has 0 radical (unpaired) electrons. The Morgan fingerprint density at radius 3 is 2.68 bits per heavy atom. The summed E-state index contributed by atoms with van der Waals surface area (Å²) >= 11 is 8.42. The number of fused-ring (bicyclic) bond motifs is 1. The van der Waals surface area contributed by atoms with Crippen LogP contribution in [-0.2, 0) is 0 Å². The van der Waals surface area contributed by atoms with Crippen LogP contribution in [0.3, 0.4) is 0 Å². The van der Waals surface area contributed by atoms with Gasteiger partial charge in [0.15, 0.2) is 16.6 Å². The normalized spacial score (nSPS) is 11.2. The number of hydrogen-bond donors (Lipinski definition) is 0. The second-order valence-corrected chi connectivity index (χ2v) is 5.91. The maximum absolute atomic E-state index is 6.15. The van der Waals surface area contributed by atoms with Crippen molar-refractivity contribution in [3.8, 4) is 11.4 Å². The van der Waals surface area contributed by atoms with Gasteiger partial charge in [0.25, 0.3) is 0 Å². The van der Waals surface area contributed by atoms with Crippen LogP contribution in [0, 0.1) is 17.4 Å². The third-order valence-corrected chi connectivity index (χ3v) is 4.15. The van der Waals surface area contributed by atoms with E-state index in [-0.39, 0.29) is 0 Å². The minimum atomic E-state index is 0.483. The Morgan fingerprint density at radius 2 is 1.95 bits per heavy atom. The van der Waals surface area contributed by atoms with Crippen LogP contribution in [0.25, 0.3) is 17.0 Å². The monoisotopic (exact) mass is 384 g/mol. The fraction of sp³-hybridized carbons (Fsp3) is 0.154. The van der Waals surface area contributed by atoms with Crippen molar-refractivity contribution >= 4 is 39.8 Å². The van der Waals surface area contributed by atoms with E-state index in [0.717, 1.165) is 25.9 Å². The van der Waals surface area contributed by atoms with Gasteiger partial charge in [0.2, 0.25) is 0 Å². The average Bonchev–Trinajstić information content (AvgIpc) is 2.80. The first-order valence-corrected chi connectivity index (χ1v) is 7.17. The minimum Gasteiger partial charge on any atom is -0.191 e. The molecule has 0 fully saturated rings. The smallest absolute Gasteiger partial charge is 0.185 e. The lowest BCUT2D eigenvalue weighted by molar-refractivity contribution is 0.919. The first kappa shape index (κ1) is 12.8. The number of benzene rings is 1. The number of aryl methyl sites for hydroxylation is 1. The lowest BCUT2D eigenvalue weighted by atomic mass is 10.2. The third-order valence-electron chi connectivity index (χ3n) is 3.12. The summed E-state index contributed by atoms with van der Waals surface area (Å²) in [5, 5.41) is 13.3. The molecule has 3 rings (SSSR count). The Morgan fingerprint density at radius 1 is 1.16 bits per heavy atom. The molecule has 1 aromatic carbocycles. The molecule has 0 saturated heterocycles. The summed E-state index contributed by atoms with van der Waals surface area (Å²) in [6.07, 6.45) is 0. The van der Waals surface area contributed by atoms with E-state index in [1.165, 1.54) is 0 Å². The van der Waals surface area contributed by atoms with Gasteiger partial charge in [0, 0.05) is 14.7 Å². The summed E-state index contributed by atoms with van der Waals surface area (Å²) in [6.45, 7) is 3.91. The first-order chi connectivity index (χ1) is 9.08. The molecule has 6 heteroatoms. The SMILES string of the molecule is Cc1c(Cl)nn2c(-c3cccc(I)c3)nnc2c1C. The van der Waals surface area contributed by atoms with Gasteiger partial charge >= 0.3 is 0 Å². The van der Waals surface area contributed by atoms with Gasteiger partial charge < -0.3 is 0 Å². The van der Waals surface area contributed by atoms with E-state index < -0.39 is 0 Å². The Hall–Kier alpha value is -1.21. The molecule has 0 aliphatic carbocycles. The summed E-state index contributed by atoms with van der Waals surface area (Å²) in [5.41, 5.74) is 3.67. The maximum atomic E-state index is 6.15. The van der Waals surface area contributed by atoms with Crippen molar-refractivity contribution < 1.29 is 0 Å². The third kappa shape index (κ3) is 2.10. The quantitative estimate of drug-likeness (QED) is 0.601. The Balaban J connectivity index is 2.32. The van der Waals surface area contributed by atoms with Crippen molar-refractivity contribution in [2.24, 2.45) is 0 Å². The lowest BCUT2D eigenvalue weighted by Gasteiger charge is -2.05. The summed E-state index contributed by atoms with van der Waals surface area (Å²) in [5.74, 6) is 0.707. The average molecular weight is 385 g/mol. The highest BCUT2D eigenvalue weighted by molar-refractivity contribution is 14.1. The van der Waals surface area contributed by atoms with Crippen molar-refractivity contribution in [2.75, 3.05) is 0 Å². The Bertz CT molecular complexity index is 782. The molecule has 0 N–H and O–H groups in total. The molecule has 2 heterocycles. The highest BCUT2D eigenvalue weighted by Gasteiger charge is 2.14. The zero-order chi connectivity index (χ0) is 13.6. The minimum absolute atomic E-state index is 0.483. The van der Waals surface area contributed by atoms with Crippen LogP contribution in [0.15, 0.2) is 24.3 Å². The Kier molecular flexibility index (Phi) is 3.18. The van der Waals surface area contributed by atoms with Crippen LogP contribution in [0.2, 0.25) is 5.15 Å². The van der Waals surface area contributed by atoms with E-state index in [0.29, 0.717) is 11.0 Å². The molecule has 0 bridgehead atoms. The van der Waals surface area contributed by atoms with Crippen molar-refractivity contribution in [1.82, 2.24) is 19.8 Å². The summed E-state index contributed by atoms with van der Waals surface area (Å²) in [4.78, 5) is 0. The van der Waals surface area contributed by atoms with E-state index in [1.54, 1.807) is 4.52 Å². The highest BCUT2D eigenvalue weighted by Crippen LogP contribution is 2.24. The predicted octanol–water partition coefficient (Wildman–Crippen LogP) is 3.67. The molecule has 0 atom stereocenters. The van der Waals surface area contributed by atoms with Crippen LogP contribution in [0.4, 0.5) is 0 Å². The van der Waals surface area contributed by atoms with Gasteiger partial charge in [-0.25, -0.2) is 0 Å². The van der Waals surface area contributed by atoms with Crippen molar-refractivity contribution in [3.05, 3.63) is 44.1 Å². The number of rotatable bonds is 1. The van der Waals surface area contributed by atoms with Crippen LogP contribution in [0.5, 0.6) is 0 Å². The van der Waals surface area contributed by atoms with Gasteiger partial charge in [-0.3, -0.25) is 0 Å². The summed E-state index contributed by atoms with van der Waals surface area (Å²) in [6, 6.07) is 8.05. The number of aromatic nitrogens is 4. The molecule has 2 aromatic heterocycles. The zero-order valence-electron chi connectivity index (χ0n) is 10.4. The molecule has 96 valence electrons. The summed E-state index contributed by atoms with van der Waals surface area (Å²) < 4.78 is 2.84. The Labute approximate surface area is 128 Å². The van der Waals surface area contributed by atoms with Crippen LogP contribution in [-0.4, -0.2) is 19.8 Å². The van der Waals surface area contributed by atoms with Crippen LogP contribution >= 0.6 is 34.2 Å². The molecule has 4 nitrogen and oxygen atoms in total. The lowest BCUT2D eigenvalue weighted by Crippen LogP contribution is -2.00. The van der Waals surface area contributed by atoms with Gasteiger partial charge in [-0.2, -0.15) is 9.61 Å². The van der Waals surface area contributed by atoms with Crippen LogP contribution in [0.1, 0.15) is 11.1 Å². The molecule has 0 aliphatic heterocycles. The molecule has 0 unspecified atom stereocenters. The molecule has 3 aromatic rings. The van der Waals surface area contributed by atoms with Crippen molar-refractivity contribution in [2.45, 2.75) is 13.8 Å². The first-order valence-electron chi connectivity index (χ1n) is 5.72. The molecule has 0 saturated carbocycles. The standard InChI is InChI=1S/C13H10ClIN4/c1-7-8(2)12-16-17-13(19(12)18-11(7)14)9-4-3-5-10(15)6-9/h3-6H,1-2H3. The second kappa shape index (κ2) is 4.72. The second-order valence-electron chi connectivity index (χ2n) is 4.31. The van der Waals surface area contributed by atoms with E-state index in [9.17, 15) is 0 Å². The van der Waals surface area contributed by atoms with Crippen LogP contribution < -0.4 is 0 Å². The predicted molar refractivity (Wildman–Crippen MR) is 83.4 cm³/mol. The molecule has 0 amide bonds. The fourth-order valence-electron chi connectivity index (χ4n) is 1.90. The molecule has 0 spiro atoms. The number of halogens is 2. The number of nitrogens with zero attached hydrogens (tertiary/aromatic N) is 4. The molecular weight excluding hydrogens is 375 g/mol. The van der Waals surface area contributed by atoms with Crippen molar-refractivity contribution in [3.63, 3.8) is 0 Å². The van der Waals surface area contributed by atoms with Gasteiger partial charge in [0.05, 0.1) is 0 Å². The van der Waals surface area contributed by atoms with E-state index >= 15 is 0 Å². The molecule has 19 heavy (non-hydrogen) atoms. The van der Waals surface area contributed by atoms with Gasteiger partial charge in [0.1, 0.15) is 0 Å². The molecule has 0 aliphatic rings. The van der Waals surface area contributed by atoms with E-state index in [2.05, 4.69) is 37.9 Å². The van der Waals surface area contributed by atoms with Gasteiger partial charge in [-0.15, -0.1) is 10.2 Å². The maximum Gasteiger partial charge on any atom is 0.185 e. The highest BCUT2D eigenvalue weighted by atomic mass is 127. The van der Waals surface area contributed by atoms with E-state index in [4.69, 9.17) is 11.6 Å². The largest absolute Gasteiger partial charge is 0.191 e. The zero-order valence-corrected chi connectivity index (χ0v) is 13.3. The van der Waals surface area contributed by atoms with Gasteiger partial charge in [-0.05, 0) is 54.1 Å². The van der Waals surface area contributed by atoms with Gasteiger partial charge in [-0.1, -0.05) is 23.7 Å². The number of hydrogen-bond acceptors (Lipinski definition) is 3. The van der Waals surface area contributed by atoms with E-state index in [1.807, 2.05) is 38.1 Å². The fourth-order valence-corrected chi connectivity index (χ4v) is 2.66. The van der Waals surface area contributed by atoms with Crippen molar-refractivity contribution in [1.29, 1.82) is 0 Å². The summed E-state index contributed by atoms with van der Waals surface area (Å²) in [7, 11) is 0. The molecular formula is C13H10ClIN4. The topological polar surface area (TPSA) is 43.1 Å².